The van der Waals surface area contributed by atoms with Crippen LogP contribution in [0.15, 0.2) is 46.8 Å². The van der Waals surface area contributed by atoms with E-state index in [0.717, 1.165) is 0 Å². The number of carbonyl (C=O) groups is 2. The third-order valence-corrected chi connectivity index (χ3v) is 4.45. The molecule has 2 rings (SSSR count). The number of esters is 1. The molecule has 128 valence electrons. The van der Waals surface area contributed by atoms with Gasteiger partial charge in [-0.15, -0.1) is 0 Å². The molecule has 1 atom stereocenters. The van der Waals surface area contributed by atoms with E-state index < -0.39 is 17.9 Å². The molecule has 0 bridgehead atoms. The van der Waals surface area contributed by atoms with E-state index >= 15 is 0 Å². The minimum Gasteiger partial charge on any atom is -0.496 e. The molecule has 1 aliphatic heterocycles. The molecule has 1 aromatic rings. The molecule has 0 radical (unpaired) electrons. The van der Waals surface area contributed by atoms with Crippen LogP contribution in [-0.2, 0) is 14.3 Å². The van der Waals surface area contributed by atoms with Crippen molar-refractivity contribution in [1.82, 2.24) is 4.90 Å². The van der Waals surface area contributed by atoms with Gasteiger partial charge in [-0.1, -0.05) is 18.2 Å². The molecule has 1 aromatic carbocycles. The molecule has 0 aromatic heterocycles. The van der Waals surface area contributed by atoms with Crippen molar-refractivity contribution in [3.05, 3.63) is 52.4 Å². The van der Waals surface area contributed by atoms with Crippen LogP contribution in [0.5, 0.6) is 5.75 Å². The predicted molar refractivity (Wildman–Crippen MR) is 88.5 cm³/mol. The first-order valence-electron chi connectivity index (χ1n) is 7.44. The number of nitrogens with zero attached hydrogens (tertiary/aromatic N) is 1. The van der Waals surface area contributed by atoms with Gasteiger partial charge in [0, 0.05) is 24.0 Å². The summed E-state index contributed by atoms with van der Waals surface area (Å²) in [5.74, 6) is -1.87. The fraction of sp³-hybridized carbons (Fsp3) is 0.333. The summed E-state index contributed by atoms with van der Waals surface area (Å²) in [6.45, 7) is 3.50. The molecule has 1 N–H and O–H groups in total. The van der Waals surface area contributed by atoms with Crippen molar-refractivity contribution < 1.29 is 24.2 Å². The predicted octanol–water partition coefficient (Wildman–Crippen LogP) is 2.53. The zero-order valence-electron chi connectivity index (χ0n) is 14.4. The van der Waals surface area contributed by atoms with Crippen molar-refractivity contribution in [1.29, 1.82) is 0 Å². The standard InChI is InChI=1S/C18H21NO5/c1-10-14(17(20)21)16(12-8-6-7-9-13(12)23-4)15(18(22)24-5)11(2)19(10)3/h6-9,16H,1-5H3,(H,20,21). The van der Waals surface area contributed by atoms with Crippen molar-refractivity contribution in [3.63, 3.8) is 0 Å². The summed E-state index contributed by atoms with van der Waals surface area (Å²) in [4.78, 5) is 26.1. The number of hydrogen-bond donors (Lipinski definition) is 1. The molecule has 0 spiro atoms. The summed E-state index contributed by atoms with van der Waals surface area (Å²) >= 11 is 0. The van der Waals surface area contributed by atoms with Crippen molar-refractivity contribution in [2.24, 2.45) is 0 Å². The number of methoxy groups -OCH3 is 2. The summed E-state index contributed by atoms with van der Waals surface area (Å²) in [5.41, 5.74) is 2.27. The van der Waals surface area contributed by atoms with Crippen LogP contribution in [0.25, 0.3) is 0 Å². The van der Waals surface area contributed by atoms with Crippen LogP contribution in [0.1, 0.15) is 25.3 Å². The normalized spacial score (nSPS) is 17.9. The highest BCUT2D eigenvalue weighted by atomic mass is 16.5. The fourth-order valence-corrected chi connectivity index (χ4v) is 3.04. The van der Waals surface area contributed by atoms with Crippen molar-refractivity contribution in [2.75, 3.05) is 21.3 Å². The lowest BCUT2D eigenvalue weighted by Crippen LogP contribution is -2.32. The second-order valence-corrected chi connectivity index (χ2v) is 5.53. The second-order valence-electron chi connectivity index (χ2n) is 5.53. The number of carboxylic acids is 1. The van der Waals surface area contributed by atoms with Gasteiger partial charge in [0.1, 0.15) is 5.75 Å². The number of rotatable bonds is 4. The highest BCUT2D eigenvalue weighted by Gasteiger charge is 2.39. The number of benzene rings is 1. The van der Waals surface area contributed by atoms with E-state index in [-0.39, 0.29) is 5.57 Å². The van der Waals surface area contributed by atoms with E-state index in [9.17, 15) is 14.7 Å². The first-order valence-corrected chi connectivity index (χ1v) is 7.44. The van der Waals surface area contributed by atoms with Gasteiger partial charge in [-0.25, -0.2) is 9.59 Å². The first kappa shape index (κ1) is 17.6. The lowest BCUT2D eigenvalue weighted by molar-refractivity contribution is -0.136. The number of ether oxygens (including phenoxy) is 2. The Morgan fingerprint density at radius 3 is 2.21 bits per heavy atom. The van der Waals surface area contributed by atoms with Crippen molar-refractivity contribution in [2.45, 2.75) is 19.8 Å². The quantitative estimate of drug-likeness (QED) is 0.855. The molecule has 6 heteroatoms. The molecule has 1 heterocycles. The maximum absolute atomic E-state index is 12.4. The number of para-hydroxylation sites is 1. The van der Waals surface area contributed by atoms with E-state index in [4.69, 9.17) is 9.47 Å². The molecule has 0 fully saturated rings. The topological polar surface area (TPSA) is 76.1 Å². The summed E-state index contributed by atoms with van der Waals surface area (Å²) in [5, 5.41) is 9.78. The van der Waals surface area contributed by atoms with Crippen LogP contribution >= 0.6 is 0 Å². The van der Waals surface area contributed by atoms with E-state index in [1.807, 2.05) is 0 Å². The molecule has 6 nitrogen and oxygen atoms in total. The molecular formula is C18H21NO5. The van der Waals surface area contributed by atoms with Crippen molar-refractivity contribution >= 4 is 11.9 Å². The lowest BCUT2D eigenvalue weighted by atomic mass is 9.79. The molecule has 0 saturated heterocycles. The summed E-state index contributed by atoms with van der Waals surface area (Å²) in [7, 11) is 4.53. The largest absolute Gasteiger partial charge is 0.496 e. The third-order valence-electron chi connectivity index (χ3n) is 4.45. The van der Waals surface area contributed by atoms with Crippen LogP contribution in [0.2, 0.25) is 0 Å². The Bertz CT molecular complexity index is 748. The van der Waals surface area contributed by atoms with E-state index in [0.29, 0.717) is 28.3 Å². The summed E-state index contributed by atoms with van der Waals surface area (Å²) in [6, 6.07) is 7.09. The molecule has 24 heavy (non-hydrogen) atoms. The van der Waals surface area contributed by atoms with E-state index in [2.05, 4.69) is 0 Å². The number of carbonyl (C=O) groups excluding carboxylic acids is 1. The van der Waals surface area contributed by atoms with Gasteiger partial charge in [-0.05, 0) is 19.9 Å². The maximum Gasteiger partial charge on any atom is 0.336 e. The molecule has 1 unspecified atom stereocenters. The molecular weight excluding hydrogens is 310 g/mol. The Hall–Kier alpha value is -2.76. The third kappa shape index (κ3) is 2.75. The SMILES string of the molecule is COC(=O)C1=C(C)N(C)C(C)=C(C(=O)O)C1c1ccccc1OC. The van der Waals surface area contributed by atoms with Crippen LogP contribution in [0.3, 0.4) is 0 Å². The van der Waals surface area contributed by atoms with Gasteiger partial charge >= 0.3 is 11.9 Å². The highest BCUT2D eigenvalue weighted by Crippen LogP contribution is 2.44. The number of allylic oxidation sites excluding steroid dienone is 2. The van der Waals surface area contributed by atoms with Crippen LogP contribution in [0, 0.1) is 0 Å². The number of carboxylic acid groups (broad SMARTS) is 1. The summed E-state index contributed by atoms with van der Waals surface area (Å²) in [6.07, 6.45) is 0. The molecule has 0 amide bonds. The monoisotopic (exact) mass is 331 g/mol. The second kappa shape index (κ2) is 6.78. The van der Waals surface area contributed by atoms with Gasteiger partial charge in [0.15, 0.2) is 0 Å². The first-order chi connectivity index (χ1) is 11.3. The van der Waals surface area contributed by atoms with Crippen molar-refractivity contribution in [3.8, 4) is 5.75 Å². The number of aliphatic carboxylic acids is 1. The molecule has 1 aliphatic rings. The lowest BCUT2D eigenvalue weighted by Gasteiger charge is -2.35. The van der Waals surface area contributed by atoms with E-state index in [1.165, 1.54) is 14.2 Å². The van der Waals surface area contributed by atoms with Crippen LogP contribution < -0.4 is 4.74 Å². The van der Waals surface area contributed by atoms with Gasteiger partial charge < -0.3 is 19.5 Å². The summed E-state index contributed by atoms with van der Waals surface area (Å²) < 4.78 is 10.3. The molecule has 0 saturated carbocycles. The van der Waals surface area contributed by atoms with Gasteiger partial charge in [0.2, 0.25) is 0 Å². The maximum atomic E-state index is 12.4. The smallest absolute Gasteiger partial charge is 0.336 e. The zero-order valence-corrected chi connectivity index (χ0v) is 14.4. The zero-order chi connectivity index (χ0) is 18.0. The van der Waals surface area contributed by atoms with Gasteiger partial charge in [0.05, 0.1) is 31.3 Å². The minimum atomic E-state index is -1.08. The average Bonchev–Trinajstić information content (AvgIpc) is 2.58. The van der Waals surface area contributed by atoms with E-state index in [1.54, 1.807) is 50.1 Å². The number of hydrogen-bond acceptors (Lipinski definition) is 5. The van der Waals surface area contributed by atoms with Gasteiger partial charge in [0.25, 0.3) is 0 Å². The Balaban J connectivity index is 2.81. The minimum absolute atomic E-state index is 0.132. The van der Waals surface area contributed by atoms with Gasteiger partial charge in [-0.2, -0.15) is 0 Å². The van der Waals surface area contributed by atoms with Gasteiger partial charge in [-0.3, -0.25) is 0 Å². The highest BCUT2D eigenvalue weighted by molar-refractivity contribution is 5.99. The van der Waals surface area contributed by atoms with Crippen LogP contribution in [0.4, 0.5) is 0 Å². The fourth-order valence-electron chi connectivity index (χ4n) is 3.04. The Kier molecular flexibility index (Phi) is 4.97. The van der Waals surface area contributed by atoms with Crippen LogP contribution in [-0.4, -0.2) is 43.2 Å². The Morgan fingerprint density at radius 2 is 1.67 bits per heavy atom. The Labute approximate surface area is 141 Å². The molecule has 0 aliphatic carbocycles. The Morgan fingerprint density at radius 1 is 1.08 bits per heavy atom. The average molecular weight is 331 g/mol.